The van der Waals surface area contributed by atoms with Crippen LogP contribution < -0.4 is 0 Å². The summed E-state index contributed by atoms with van der Waals surface area (Å²) in [5.41, 5.74) is 4.14. The summed E-state index contributed by atoms with van der Waals surface area (Å²) in [6, 6.07) is 33.5. The molecule has 0 saturated heterocycles. The molecule has 0 unspecified atom stereocenters. The molecule has 0 amide bonds. The highest BCUT2D eigenvalue weighted by Crippen LogP contribution is 2.43. The predicted molar refractivity (Wildman–Crippen MR) is 158 cm³/mol. The van der Waals surface area contributed by atoms with Crippen molar-refractivity contribution < 1.29 is 0 Å². The molecule has 0 spiro atoms. The van der Waals surface area contributed by atoms with Crippen molar-refractivity contribution in [3.8, 4) is 0 Å². The first-order valence-electron chi connectivity index (χ1n) is 14.1. The van der Waals surface area contributed by atoms with Crippen molar-refractivity contribution in [3.63, 3.8) is 0 Å². The van der Waals surface area contributed by atoms with Gasteiger partial charge in [-0.25, -0.2) is 0 Å². The van der Waals surface area contributed by atoms with Crippen molar-refractivity contribution >= 4 is 15.9 Å². The molecule has 0 aliphatic carbocycles. The van der Waals surface area contributed by atoms with E-state index in [2.05, 4.69) is 107 Å². The van der Waals surface area contributed by atoms with E-state index in [9.17, 15) is 0 Å². The second kappa shape index (κ2) is 16.7. The monoisotopic (exact) mass is 532 g/mol. The lowest BCUT2D eigenvalue weighted by molar-refractivity contribution is 0.491. The Labute approximate surface area is 223 Å². The van der Waals surface area contributed by atoms with Gasteiger partial charge in [0.1, 0.15) is 0 Å². The highest BCUT2D eigenvalue weighted by atomic mass is 79.9. The predicted octanol–water partition coefficient (Wildman–Crippen LogP) is 10.9. The number of halogens is 1. The van der Waals surface area contributed by atoms with Gasteiger partial charge in [-0.2, -0.15) is 0 Å². The number of unbranched alkanes of at least 4 members (excludes halogenated alkanes) is 12. The second-order valence-electron chi connectivity index (χ2n) is 10.0. The first-order valence-corrected chi connectivity index (χ1v) is 15.2. The van der Waals surface area contributed by atoms with E-state index in [-0.39, 0.29) is 5.41 Å². The third-order valence-corrected chi connectivity index (χ3v) is 8.05. The van der Waals surface area contributed by atoms with Gasteiger partial charge < -0.3 is 0 Å². The van der Waals surface area contributed by atoms with E-state index in [1.807, 2.05) is 0 Å². The Bertz CT molecular complexity index is 791. The molecule has 0 aliphatic heterocycles. The standard InChI is InChI=1S/C34H45Br/c35-30-22-11-9-7-5-3-1-2-4-6-8-10-21-29-34(31-23-15-12-16-24-31,32-25-17-13-18-26-32)33-27-19-14-20-28-33/h12-20,23-28H,1-11,21-22,29-30H2. The van der Waals surface area contributed by atoms with E-state index < -0.39 is 0 Å². The summed E-state index contributed by atoms with van der Waals surface area (Å²) >= 11 is 3.52. The first-order chi connectivity index (χ1) is 17.4. The molecule has 0 aromatic heterocycles. The lowest BCUT2D eigenvalue weighted by Crippen LogP contribution is -2.29. The van der Waals surface area contributed by atoms with E-state index >= 15 is 0 Å². The van der Waals surface area contributed by atoms with Crippen LogP contribution in [0.1, 0.15) is 107 Å². The van der Waals surface area contributed by atoms with Gasteiger partial charge in [0.05, 0.1) is 0 Å². The molecule has 0 fully saturated rings. The molecule has 0 heterocycles. The Morgan fingerprint density at radius 1 is 0.371 bits per heavy atom. The van der Waals surface area contributed by atoms with Gasteiger partial charge in [-0.05, 0) is 29.5 Å². The van der Waals surface area contributed by atoms with Crippen LogP contribution in [0.25, 0.3) is 0 Å². The molecule has 0 radical (unpaired) electrons. The van der Waals surface area contributed by atoms with Gasteiger partial charge in [-0.15, -0.1) is 0 Å². The Morgan fingerprint density at radius 2 is 0.657 bits per heavy atom. The molecular weight excluding hydrogens is 488 g/mol. The van der Waals surface area contributed by atoms with Gasteiger partial charge in [-0.3, -0.25) is 0 Å². The van der Waals surface area contributed by atoms with Crippen molar-refractivity contribution in [2.75, 3.05) is 5.33 Å². The molecule has 3 aromatic carbocycles. The number of hydrogen-bond donors (Lipinski definition) is 0. The molecule has 0 N–H and O–H groups in total. The zero-order valence-corrected chi connectivity index (χ0v) is 23.2. The Morgan fingerprint density at radius 3 is 0.971 bits per heavy atom. The van der Waals surface area contributed by atoms with Gasteiger partial charge in [0, 0.05) is 10.7 Å². The van der Waals surface area contributed by atoms with Gasteiger partial charge in [0.15, 0.2) is 0 Å². The quantitative estimate of drug-likeness (QED) is 0.0867. The number of hydrogen-bond acceptors (Lipinski definition) is 0. The molecule has 3 rings (SSSR count). The van der Waals surface area contributed by atoms with Crippen molar-refractivity contribution in [1.29, 1.82) is 0 Å². The first kappa shape index (κ1) is 27.7. The fourth-order valence-corrected chi connectivity index (χ4v) is 5.93. The minimum absolute atomic E-state index is 0.0850. The summed E-state index contributed by atoms with van der Waals surface area (Å²) < 4.78 is 0. The lowest BCUT2D eigenvalue weighted by atomic mass is 9.66. The van der Waals surface area contributed by atoms with Gasteiger partial charge in [0.25, 0.3) is 0 Å². The van der Waals surface area contributed by atoms with Crippen molar-refractivity contribution in [3.05, 3.63) is 108 Å². The Hall–Kier alpha value is -1.86. The Kier molecular flexibility index (Phi) is 13.3. The normalized spacial score (nSPS) is 11.6. The third kappa shape index (κ3) is 8.94. The van der Waals surface area contributed by atoms with Crippen molar-refractivity contribution in [2.24, 2.45) is 0 Å². The molecule has 0 nitrogen and oxygen atoms in total. The molecule has 3 aromatic rings. The molecule has 0 aliphatic rings. The average molecular weight is 534 g/mol. The molecule has 35 heavy (non-hydrogen) atoms. The van der Waals surface area contributed by atoms with E-state index in [0.717, 1.165) is 6.42 Å². The van der Waals surface area contributed by atoms with Crippen LogP contribution in [-0.4, -0.2) is 5.33 Å². The van der Waals surface area contributed by atoms with E-state index in [1.54, 1.807) is 0 Å². The van der Waals surface area contributed by atoms with Gasteiger partial charge in [0.2, 0.25) is 0 Å². The van der Waals surface area contributed by atoms with Crippen molar-refractivity contribution in [2.45, 2.75) is 95.3 Å². The summed E-state index contributed by atoms with van der Waals surface area (Å²) in [6.07, 6.45) is 19.2. The summed E-state index contributed by atoms with van der Waals surface area (Å²) in [4.78, 5) is 0. The summed E-state index contributed by atoms with van der Waals surface area (Å²) in [5.74, 6) is 0. The van der Waals surface area contributed by atoms with Crippen LogP contribution in [0.2, 0.25) is 0 Å². The summed E-state index contributed by atoms with van der Waals surface area (Å²) in [7, 11) is 0. The van der Waals surface area contributed by atoms with Gasteiger partial charge in [-0.1, -0.05) is 184 Å². The third-order valence-electron chi connectivity index (χ3n) is 7.49. The highest BCUT2D eigenvalue weighted by molar-refractivity contribution is 9.09. The maximum Gasteiger partial charge on any atom is 0.0451 e. The second-order valence-corrected chi connectivity index (χ2v) is 10.8. The van der Waals surface area contributed by atoms with E-state index in [1.165, 1.54) is 105 Å². The van der Waals surface area contributed by atoms with Crippen LogP contribution in [0.3, 0.4) is 0 Å². The maximum atomic E-state index is 3.52. The minimum atomic E-state index is -0.0850. The van der Waals surface area contributed by atoms with Crippen LogP contribution in [0.5, 0.6) is 0 Å². The van der Waals surface area contributed by atoms with Crippen LogP contribution >= 0.6 is 15.9 Å². The smallest absolute Gasteiger partial charge is 0.0451 e. The SMILES string of the molecule is BrCCCCCCCCCCCCCCCC(c1ccccc1)(c1ccccc1)c1ccccc1. The van der Waals surface area contributed by atoms with Crippen molar-refractivity contribution in [1.82, 2.24) is 0 Å². The summed E-state index contributed by atoms with van der Waals surface area (Å²) in [6.45, 7) is 0. The van der Waals surface area contributed by atoms with Crippen LogP contribution in [0.4, 0.5) is 0 Å². The lowest BCUT2D eigenvalue weighted by Gasteiger charge is -2.36. The number of rotatable bonds is 18. The molecule has 188 valence electrons. The van der Waals surface area contributed by atoms with Crippen LogP contribution in [0.15, 0.2) is 91.0 Å². The zero-order chi connectivity index (χ0) is 24.4. The average Bonchev–Trinajstić information content (AvgIpc) is 2.93. The van der Waals surface area contributed by atoms with E-state index in [0.29, 0.717) is 0 Å². The molecule has 1 heteroatoms. The molecule has 0 bridgehead atoms. The fourth-order valence-electron chi connectivity index (χ4n) is 5.53. The molecule has 0 saturated carbocycles. The maximum absolute atomic E-state index is 3.52. The number of alkyl halides is 1. The molecular formula is C34H45Br. The highest BCUT2D eigenvalue weighted by Gasteiger charge is 2.35. The summed E-state index contributed by atoms with van der Waals surface area (Å²) in [5, 5.41) is 1.17. The van der Waals surface area contributed by atoms with E-state index in [4.69, 9.17) is 0 Å². The van der Waals surface area contributed by atoms with Crippen LogP contribution in [0, 0.1) is 0 Å². The molecule has 0 atom stereocenters. The van der Waals surface area contributed by atoms with Gasteiger partial charge >= 0.3 is 0 Å². The Balaban J connectivity index is 1.49. The minimum Gasteiger partial charge on any atom is -0.0928 e. The zero-order valence-electron chi connectivity index (χ0n) is 21.6. The van der Waals surface area contributed by atoms with Crippen LogP contribution in [-0.2, 0) is 5.41 Å². The fraction of sp³-hybridized carbons (Fsp3) is 0.471. The largest absolute Gasteiger partial charge is 0.0928 e. The number of benzene rings is 3. The topological polar surface area (TPSA) is 0 Å².